The number of hydrogen-bond acceptors (Lipinski definition) is 4. The number of para-hydroxylation sites is 1. The number of nitrogens with one attached hydrogen (secondary N) is 1. The number of methoxy groups -OCH3 is 1. The van der Waals surface area contributed by atoms with Crippen molar-refractivity contribution < 1.29 is 14.3 Å². The molecule has 2 atom stereocenters. The maximum absolute atomic E-state index is 12.7. The minimum atomic E-state index is -0.642. The predicted molar refractivity (Wildman–Crippen MR) is 97.1 cm³/mol. The Morgan fingerprint density at radius 1 is 1.27 bits per heavy atom. The number of carbonyl (C=O) groups is 2. The summed E-state index contributed by atoms with van der Waals surface area (Å²) in [5.74, 6) is -0.977. The number of hydrogen-bond donors (Lipinski definition) is 2. The van der Waals surface area contributed by atoms with Gasteiger partial charge in [0.2, 0.25) is 0 Å². The summed E-state index contributed by atoms with van der Waals surface area (Å²) in [4.78, 5) is 24.4. The lowest BCUT2D eigenvalue weighted by molar-refractivity contribution is -0.177. The molecule has 26 heavy (non-hydrogen) atoms. The molecule has 1 aliphatic rings. The highest BCUT2D eigenvalue weighted by Crippen LogP contribution is 2.51. The Bertz CT molecular complexity index is 844. The molecule has 138 valence electrons. The third-order valence-corrected chi connectivity index (χ3v) is 5.78. The summed E-state index contributed by atoms with van der Waals surface area (Å²) < 4.78 is 6.98. The third-order valence-electron chi connectivity index (χ3n) is 5.78. The number of aromatic nitrogens is 2. The molecule has 0 aliphatic heterocycles. The van der Waals surface area contributed by atoms with Gasteiger partial charge < -0.3 is 15.8 Å². The number of benzene rings is 1. The lowest BCUT2D eigenvalue weighted by Crippen LogP contribution is -2.68. The number of rotatable bonds is 5. The van der Waals surface area contributed by atoms with Crippen LogP contribution in [0.2, 0.25) is 0 Å². The largest absolute Gasteiger partial charge is 0.378 e. The van der Waals surface area contributed by atoms with Gasteiger partial charge in [0, 0.05) is 24.6 Å². The fourth-order valence-electron chi connectivity index (χ4n) is 3.39. The van der Waals surface area contributed by atoms with Gasteiger partial charge in [-0.05, 0) is 25.5 Å². The maximum Gasteiger partial charge on any atom is 0.272 e. The Balaban J connectivity index is 1.84. The van der Waals surface area contributed by atoms with Crippen molar-refractivity contribution in [1.82, 2.24) is 15.1 Å². The minimum absolute atomic E-state index is 0.0427. The summed E-state index contributed by atoms with van der Waals surface area (Å²) >= 11 is 0. The first-order valence-corrected chi connectivity index (χ1v) is 8.51. The Kier molecular flexibility index (Phi) is 4.36. The average molecular weight is 356 g/mol. The van der Waals surface area contributed by atoms with Crippen LogP contribution in [-0.2, 0) is 4.74 Å². The molecule has 0 radical (unpaired) electrons. The topological polar surface area (TPSA) is 99.2 Å². The van der Waals surface area contributed by atoms with Gasteiger partial charge in [0.25, 0.3) is 11.8 Å². The molecule has 1 fully saturated rings. The quantitative estimate of drug-likeness (QED) is 0.855. The molecule has 1 heterocycles. The fourth-order valence-corrected chi connectivity index (χ4v) is 3.39. The zero-order chi connectivity index (χ0) is 19.1. The van der Waals surface area contributed by atoms with Crippen molar-refractivity contribution >= 4 is 11.8 Å². The van der Waals surface area contributed by atoms with Crippen LogP contribution in [0.15, 0.2) is 36.4 Å². The van der Waals surface area contributed by atoms with Gasteiger partial charge in [-0.15, -0.1) is 0 Å². The maximum atomic E-state index is 12.7. The van der Waals surface area contributed by atoms with Crippen LogP contribution < -0.4 is 11.1 Å². The second-order valence-corrected chi connectivity index (χ2v) is 7.41. The van der Waals surface area contributed by atoms with Crippen LogP contribution in [0, 0.1) is 5.41 Å². The van der Waals surface area contributed by atoms with Crippen LogP contribution >= 0.6 is 0 Å². The molecule has 0 bridgehead atoms. The summed E-state index contributed by atoms with van der Waals surface area (Å²) in [6.07, 6.45) is 0.713. The van der Waals surface area contributed by atoms with Crippen molar-refractivity contribution in [3.05, 3.63) is 47.8 Å². The summed E-state index contributed by atoms with van der Waals surface area (Å²) in [6, 6.07) is 10.5. The van der Waals surface area contributed by atoms with E-state index >= 15 is 0 Å². The molecule has 0 spiro atoms. The third kappa shape index (κ3) is 2.78. The fraction of sp³-hybridized carbons (Fsp3) is 0.421. The summed E-state index contributed by atoms with van der Waals surface area (Å²) in [7, 11) is 1.68. The summed E-state index contributed by atoms with van der Waals surface area (Å²) in [5.41, 5.74) is 5.93. The average Bonchev–Trinajstić information content (AvgIpc) is 3.07. The minimum Gasteiger partial charge on any atom is -0.378 e. The van der Waals surface area contributed by atoms with Crippen molar-refractivity contribution in [3.8, 4) is 5.69 Å². The highest BCUT2D eigenvalue weighted by Gasteiger charge is 2.58. The van der Waals surface area contributed by atoms with Crippen LogP contribution in [0.3, 0.4) is 0 Å². The molecule has 1 aromatic heterocycles. The van der Waals surface area contributed by atoms with E-state index in [2.05, 4.69) is 24.3 Å². The molecule has 2 aromatic rings. The molecule has 1 aromatic carbocycles. The smallest absolute Gasteiger partial charge is 0.272 e. The van der Waals surface area contributed by atoms with E-state index in [9.17, 15) is 9.59 Å². The molecule has 1 saturated carbocycles. The van der Waals surface area contributed by atoms with E-state index in [4.69, 9.17) is 10.5 Å². The Labute approximate surface area is 152 Å². The molecule has 1 aliphatic carbocycles. The SMILES string of the molecule is COC1(C)CC(NC(=O)c2cc(C(N)=O)n(-c3ccccc3)n2)C1(C)C. The van der Waals surface area contributed by atoms with Crippen molar-refractivity contribution in [3.63, 3.8) is 0 Å². The normalized spacial score (nSPS) is 23.9. The number of primary amides is 1. The molecular weight excluding hydrogens is 332 g/mol. The molecule has 0 saturated heterocycles. The molecule has 2 amide bonds. The molecular formula is C19H24N4O3. The van der Waals surface area contributed by atoms with Crippen molar-refractivity contribution in [2.24, 2.45) is 11.1 Å². The predicted octanol–water partition coefficient (Wildman–Crippen LogP) is 1.90. The number of carbonyl (C=O) groups excluding carboxylic acids is 2. The Hall–Kier alpha value is -2.67. The number of nitrogens with zero attached hydrogens (tertiary/aromatic N) is 2. The first kappa shape index (κ1) is 18.1. The summed E-state index contributed by atoms with van der Waals surface area (Å²) in [5, 5.41) is 7.29. The standard InChI is InChI=1S/C19H24N4O3/c1-18(2)15(11-19(18,3)26-4)21-17(25)13-10-14(16(20)24)23(22-13)12-8-6-5-7-9-12/h5-10,15H,11H2,1-4H3,(H2,20,24)(H,21,25). The highest BCUT2D eigenvalue weighted by molar-refractivity contribution is 5.97. The first-order valence-electron chi connectivity index (χ1n) is 8.51. The Morgan fingerprint density at radius 2 is 1.92 bits per heavy atom. The van der Waals surface area contributed by atoms with Crippen LogP contribution in [0.5, 0.6) is 0 Å². The van der Waals surface area contributed by atoms with Gasteiger partial charge in [0.05, 0.1) is 11.3 Å². The highest BCUT2D eigenvalue weighted by atomic mass is 16.5. The van der Waals surface area contributed by atoms with E-state index < -0.39 is 5.91 Å². The monoisotopic (exact) mass is 356 g/mol. The van der Waals surface area contributed by atoms with E-state index in [1.807, 2.05) is 25.1 Å². The molecule has 3 rings (SSSR count). The van der Waals surface area contributed by atoms with Crippen molar-refractivity contribution in [2.75, 3.05) is 7.11 Å². The second-order valence-electron chi connectivity index (χ2n) is 7.41. The van der Waals surface area contributed by atoms with Gasteiger partial charge in [-0.25, -0.2) is 4.68 Å². The molecule has 3 N–H and O–H groups in total. The Morgan fingerprint density at radius 3 is 2.46 bits per heavy atom. The zero-order valence-corrected chi connectivity index (χ0v) is 15.4. The van der Waals surface area contributed by atoms with E-state index in [0.29, 0.717) is 12.1 Å². The number of nitrogens with two attached hydrogens (primary N) is 1. The van der Waals surface area contributed by atoms with E-state index in [1.54, 1.807) is 19.2 Å². The molecule has 7 heteroatoms. The van der Waals surface area contributed by atoms with E-state index in [-0.39, 0.29) is 34.4 Å². The van der Waals surface area contributed by atoms with Crippen LogP contribution in [0.4, 0.5) is 0 Å². The summed E-state index contributed by atoms with van der Waals surface area (Å²) in [6.45, 7) is 6.15. The van der Waals surface area contributed by atoms with Crippen LogP contribution in [0.25, 0.3) is 5.69 Å². The van der Waals surface area contributed by atoms with Gasteiger partial charge in [-0.2, -0.15) is 5.10 Å². The van der Waals surface area contributed by atoms with Crippen LogP contribution in [0.1, 0.15) is 48.2 Å². The van der Waals surface area contributed by atoms with Gasteiger partial charge in [-0.3, -0.25) is 9.59 Å². The number of ether oxygens (including phenoxy) is 1. The lowest BCUT2D eigenvalue weighted by Gasteiger charge is -2.59. The van der Waals surface area contributed by atoms with E-state index in [1.165, 1.54) is 10.7 Å². The van der Waals surface area contributed by atoms with Gasteiger partial charge in [0.15, 0.2) is 5.69 Å². The zero-order valence-electron chi connectivity index (χ0n) is 15.4. The van der Waals surface area contributed by atoms with Crippen molar-refractivity contribution in [1.29, 1.82) is 0 Å². The van der Waals surface area contributed by atoms with Crippen molar-refractivity contribution in [2.45, 2.75) is 38.8 Å². The van der Waals surface area contributed by atoms with Crippen LogP contribution in [-0.4, -0.2) is 40.3 Å². The van der Waals surface area contributed by atoms with Gasteiger partial charge in [-0.1, -0.05) is 32.0 Å². The first-order chi connectivity index (χ1) is 12.2. The molecule has 7 nitrogen and oxygen atoms in total. The second kappa shape index (κ2) is 6.25. The van der Waals surface area contributed by atoms with Gasteiger partial charge >= 0.3 is 0 Å². The lowest BCUT2D eigenvalue weighted by atomic mass is 9.56. The van der Waals surface area contributed by atoms with E-state index in [0.717, 1.165) is 0 Å². The molecule has 2 unspecified atom stereocenters. The van der Waals surface area contributed by atoms with Gasteiger partial charge in [0.1, 0.15) is 5.69 Å². The number of amides is 2.